The molecule has 0 rings (SSSR count). The number of ketones is 2. The molecule has 0 atom stereocenters. The largest absolute Gasteiger partial charge is 2.00 e. The quantitative estimate of drug-likeness (QED) is 0.266. The van der Waals surface area contributed by atoms with Crippen molar-refractivity contribution in [2.24, 2.45) is 0 Å². The Morgan fingerprint density at radius 2 is 0.679 bits per heavy atom. The number of hydrogen-bond donors (Lipinski definition) is 0. The minimum atomic E-state index is -5.46. The molecule has 0 heterocycles. The van der Waals surface area contributed by atoms with Crippen molar-refractivity contribution in [1.29, 1.82) is 0 Å². The Morgan fingerprint density at radius 1 is 0.500 bits per heavy atom. The van der Waals surface area contributed by atoms with E-state index in [-0.39, 0.29) is 46.1 Å². The van der Waals surface area contributed by atoms with Crippen LogP contribution in [0.25, 0.3) is 0 Å². The summed E-state index contributed by atoms with van der Waals surface area (Å²) in [5.74, 6) is -11.3. The summed E-state index contributed by atoms with van der Waals surface area (Å²) < 4.78 is 136. The maximum Gasteiger partial charge on any atom is 2.00 e. The molecule has 0 N–H and O–H groups in total. The third-order valence-electron chi connectivity index (χ3n) is 1.64. The van der Waals surface area contributed by atoms with Crippen molar-refractivity contribution in [2.75, 3.05) is 0 Å². The summed E-state index contributed by atoms with van der Waals surface area (Å²) in [4.78, 5) is 19.6. The van der Waals surface area contributed by atoms with Gasteiger partial charge in [-0.15, -0.1) is 0 Å². The van der Waals surface area contributed by atoms with E-state index in [1.54, 1.807) is 0 Å². The van der Waals surface area contributed by atoms with Crippen molar-refractivity contribution in [3.05, 3.63) is 23.7 Å². The first kappa shape index (κ1) is 34.6. The van der Waals surface area contributed by atoms with E-state index in [0.29, 0.717) is 0 Å². The van der Waals surface area contributed by atoms with E-state index in [2.05, 4.69) is 0 Å². The van der Waals surface area contributed by atoms with Gasteiger partial charge in [0.1, 0.15) is 0 Å². The zero-order valence-electron chi connectivity index (χ0n) is 12.7. The van der Waals surface area contributed by atoms with Crippen molar-refractivity contribution < 1.29 is 72.5 Å². The van der Waals surface area contributed by atoms with Gasteiger partial charge in [-0.1, -0.05) is 0 Å². The van der Waals surface area contributed by atoms with E-state index < -0.39 is 59.9 Å². The molecule has 152 valence electrons. The third-order valence-corrected chi connectivity index (χ3v) is 1.64. The molecule has 0 aromatic heterocycles. The second-order valence-corrected chi connectivity index (χ2v) is 3.74. The number of rotatable bonds is 2. The molecular weight excluding hydrogens is 461 g/mol. The SMILES string of the molecule is O=C(/C=C(\[O-])C(F)(F)F)C(F)(F)F.O=C(/C=C(\[O-])C(F)(F)F)C(F)(F)F.[Mg+2].[Mg+2]. The van der Waals surface area contributed by atoms with E-state index in [4.69, 9.17) is 0 Å². The minimum absolute atomic E-state index is 0. The molecule has 0 aromatic carbocycles. The first-order chi connectivity index (χ1) is 11.1. The molecule has 0 unspecified atom stereocenters. The number of hydrogen-bond acceptors (Lipinski definition) is 4. The molecule has 0 radical (unpaired) electrons. The summed E-state index contributed by atoms with van der Waals surface area (Å²) in [5.41, 5.74) is 0. The Bertz CT molecular complexity index is 531. The summed E-state index contributed by atoms with van der Waals surface area (Å²) in [6, 6.07) is 0. The zero-order valence-corrected chi connectivity index (χ0v) is 15.6. The number of alkyl halides is 12. The van der Waals surface area contributed by atoms with Gasteiger partial charge in [0.2, 0.25) is 0 Å². The van der Waals surface area contributed by atoms with Gasteiger partial charge in [0, 0.05) is 0 Å². The van der Waals surface area contributed by atoms with Gasteiger partial charge in [0.25, 0.3) is 11.6 Å². The van der Waals surface area contributed by atoms with Gasteiger partial charge in [0.05, 0.1) is 0 Å². The van der Waals surface area contributed by atoms with Gasteiger partial charge in [-0.3, -0.25) is 9.59 Å². The van der Waals surface area contributed by atoms with E-state index in [1.165, 1.54) is 0 Å². The second kappa shape index (κ2) is 12.0. The van der Waals surface area contributed by atoms with Gasteiger partial charge in [-0.05, 0) is 23.7 Å². The van der Waals surface area contributed by atoms with Gasteiger partial charge < -0.3 is 10.2 Å². The first-order valence-electron chi connectivity index (χ1n) is 5.24. The molecule has 4 nitrogen and oxygen atoms in total. The Hall–Kier alpha value is -0.888. The predicted molar refractivity (Wildman–Crippen MR) is 61.9 cm³/mol. The van der Waals surface area contributed by atoms with Crippen LogP contribution >= 0.6 is 0 Å². The van der Waals surface area contributed by atoms with Crippen molar-refractivity contribution in [3.63, 3.8) is 0 Å². The Balaban J connectivity index is -0.000000192. The van der Waals surface area contributed by atoms with E-state index >= 15 is 0 Å². The van der Waals surface area contributed by atoms with Crippen LogP contribution in [-0.2, 0) is 9.59 Å². The summed E-state index contributed by atoms with van der Waals surface area (Å²) in [6.45, 7) is 0. The van der Waals surface area contributed by atoms with Crippen molar-refractivity contribution >= 4 is 57.7 Å². The monoisotopic (exact) mass is 462 g/mol. The van der Waals surface area contributed by atoms with Gasteiger partial charge in [-0.25, -0.2) is 0 Å². The van der Waals surface area contributed by atoms with Crippen LogP contribution in [0.3, 0.4) is 0 Å². The zero-order chi connectivity index (χ0) is 21.7. The summed E-state index contributed by atoms with van der Waals surface area (Å²) in [5, 5.41) is 19.6. The Labute approximate surface area is 178 Å². The summed E-state index contributed by atoms with van der Waals surface area (Å²) in [6.07, 6.45) is -23.9. The van der Waals surface area contributed by atoms with Crippen LogP contribution in [0.15, 0.2) is 23.7 Å². The normalized spacial score (nSPS) is 13.4. The van der Waals surface area contributed by atoms with Crippen LogP contribution in [0.2, 0.25) is 0 Å². The van der Waals surface area contributed by atoms with Crippen molar-refractivity contribution in [1.82, 2.24) is 0 Å². The molecule has 18 heteroatoms. The van der Waals surface area contributed by atoms with Crippen molar-refractivity contribution in [3.8, 4) is 0 Å². The first-order valence-corrected chi connectivity index (χ1v) is 5.24. The summed E-state index contributed by atoms with van der Waals surface area (Å²) >= 11 is 0. The van der Waals surface area contributed by atoms with Gasteiger partial charge in [-0.2, -0.15) is 52.7 Å². The molecule has 0 aliphatic carbocycles. The maximum atomic E-state index is 11.3. The maximum absolute atomic E-state index is 11.3. The molecule has 0 bridgehead atoms. The van der Waals surface area contributed by atoms with Gasteiger partial charge in [0.15, 0.2) is 0 Å². The van der Waals surface area contributed by atoms with Crippen LogP contribution in [0, 0.1) is 0 Å². The molecule has 0 aromatic rings. The van der Waals surface area contributed by atoms with E-state index in [9.17, 15) is 72.5 Å². The fourth-order valence-electron chi connectivity index (χ4n) is 0.565. The molecule has 0 saturated carbocycles. The van der Waals surface area contributed by atoms with E-state index in [0.717, 1.165) is 0 Å². The smallest absolute Gasteiger partial charge is 0.869 e. The number of allylic oxidation sites excluding steroid dienone is 4. The predicted octanol–water partition coefficient (Wildman–Crippen LogP) is 1.09. The summed E-state index contributed by atoms with van der Waals surface area (Å²) in [7, 11) is 0. The van der Waals surface area contributed by atoms with Crippen LogP contribution in [0.4, 0.5) is 52.7 Å². The molecule has 0 fully saturated rings. The van der Waals surface area contributed by atoms with Crippen LogP contribution in [0.1, 0.15) is 0 Å². The fraction of sp³-hybridized carbons (Fsp3) is 0.400. The van der Waals surface area contributed by atoms with Crippen LogP contribution in [0.5, 0.6) is 0 Å². The molecule has 0 amide bonds. The standard InChI is InChI=1S/2C5H2F6O2.2Mg/c2*6-4(7,8)2(12)1-3(13)5(9,10)11;;/h2*1,12H;;/q;;2*+2/p-2/b2*2-1-;;. The molecule has 0 aliphatic rings. The minimum Gasteiger partial charge on any atom is -0.869 e. The van der Waals surface area contributed by atoms with Crippen LogP contribution in [-0.4, -0.2) is 82.4 Å². The molecular formula is C10H2F12Mg2O4+2. The molecule has 28 heavy (non-hydrogen) atoms. The Kier molecular flexibility index (Phi) is 14.8. The second-order valence-electron chi connectivity index (χ2n) is 3.74. The number of carbonyl (C=O) groups is 2. The third kappa shape index (κ3) is 15.1. The average molecular weight is 463 g/mol. The van der Waals surface area contributed by atoms with Gasteiger partial charge >= 0.3 is 70.8 Å². The number of halogens is 12. The molecule has 0 saturated heterocycles. The topological polar surface area (TPSA) is 80.3 Å². The fourth-order valence-corrected chi connectivity index (χ4v) is 0.565. The number of carbonyl (C=O) groups excluding carboxylic acids is 2. The molecule has 0 spiro atoms. The average Bonchev–Trinajstić information content (AvgIpc) is 2.34. The van der Waals surface area contributed by atoms with Crippen molar-refractivity contribution in [2.45, 2.75) is 24.7 Å². The van der Waals surface area contributed by atoms with E-state index in [1.807, 2.05) is 0 Å². The Morgan fingerprint density at radius 3 is 0.786 bits per heavy atom. The van der Waals surface area contributed by atoms with Crippen LogP contribution < -0.4 is 10.2 Å². The molecule has 0 aliphatic heterocycles.